The van der Waals surface area contributed by atoms with Gasteiger partial charge in [-0.1, -0.05) is 25.1 Å². The summed E-state index contributed by atoms with van der Waals surface area (Å²) in [6.45, 7) is 1.95. The average Bonchev–Trinajstić information content (AvgIpc) is 3.43. The highest BCUT2D eigenvalue weighted by molar-refractivity contribution is 7.17. The Labute approximate surface area is 187 Å². The van der Waals surface area contributed by atoms with Crippen LogP contribution in [-0.2, 0) is 24.2 Å². The summed E-state index contributed by atoms with van der Waals surface area (Å²) in [7, 11) is 0. The number of aromatic nitrogens is 2. The number of nitrogens with zero attached hydrogens (tertiary/aromatic N) is 2. The largest absolute Gasteiger partial charge is 0.461 e. The van der Waals surface area contributed by atoms with Gasteiger partial charge in [0.15, 0.2) is 5.76 Å². The van der Waals surface area contributed by atoms with E-state index in [9.17, 15) is 14.4 Å². The Morgan fingerprint density at radius 2 is 2.09 bits per heavy atom. The molecular formula is C24H21N3O4S. The molecule has 1 amide bonds. The van der Waals surface area contributed by atoms with E-state index in [2.05, 4.69) is 17.3 Å². The molecule has 0 aliphatic heterocycles. The topological polar surface area (TPSA) is 94.2 Å². The molecule has 1 aliphatic rings. The molecule has 32 heavy (non-hydrogen) atoms. The van der Waals surface area contributed by atoms with Crippen molar-refractivity contribution in [1.82, 2.24) is 9.78 Å². The zero-order chi connectivity index (χ0) is 22.2. The second-order valence-corrected chi connectivity index (χ2v) is 9.21. The van der Waals surface area contributed by atoms with E-state index >= 15 is 0 Å². The summed E-state index contributed by atoms with van der Waals surface area (Å²) in [5.74, 6) is 0.122. The van der Waals surface area contributed by atoms with Crippen molar-refractivity contribution in [1.29, 1.82) is 0 Å². The molecular weight excluding hydrogens is 426 g/mol. The average molecular weight is 448 g/mol. The second-order valence-electron chi connectivity index (χ2n) is 8.11. The van der Waals surface area contributed by atoms with Gasteiger partial charge in [0.05, 0.1) is 23.4 Å². The van der Waals surface area contributed by atoms with Gasteiger partial charge in [-0.25, -0.2) is 4.68 Å². The molecule has 0 spiro atoms. The minimum Gasteiger partial charge on any atom is -0.461 e. The van der Waals surface area contributed by atoms with Crippen LogP contribution in [0.1, 0.15) is 39.9 Å². The maximum atomic E-state index is 13.2. The van der Waals surface area contributed by atoms with Crippen LogP contribution in [0.25, 0.3) is 10.8 Å². The van der Waals surface area contributed by atoms with Crippen LogP contribution in [0, 0.1) is 5.92 Å². The van der Waals surface area contributed by atoms with Gasteiger partial charge in [-0.2, -0.15) is 5.10 Å². The van der Waals surface area contributed by atoms with Crippen molar-refractivity contribution >= 4 is 38.8 Å². The Morgan fingerprint density at radius 1 is 1.25 bits per heavy atom. The highest BCUT2D eigenvalue weighted by atomic mass is 32.1. The number of rotatable bonds is 5. The molecule has 1 unspecified atom stereocenters. The molecule has 5 rings (SSSR count). The Morgan fingerprint density at radius 3 is 2.91 bits per heavy atom. The second kappa shape index (κ2) is 8.20. The number of amides is 1. The van der Waals surface area contributed by atoms with E-state index in [0.29, 0.717) is 21.9 Å². The zero-order valence-corrected chi connectivity index (χ0v) is 18.3. The number of thiophene rings is 1. The van der Waals surface area contributed by atoms with Crippen LogP contribution in [0.4, 0.5) is 5.00 Å². The van der Waals surface area contributed by atoms with Gasteiger partial charge in [-0.05, 0) is 48.9 Å². The van der Waals surface area contributed by atoms with Gasteiger partial charge in [0.25, 0.3) is 5.56 Å². The fourth-order valence-electron chi connectivity index (χ4n) is 4.15. The molecule has 162 valence electrons. The van der Waals surface area contributed by atoms with E-state index in [1.807, 2.05) is 6.07 Å². The lowest BCUT2D eigenvalue weighted by atomic mass is 9.87. The molecule has 0 fully saturated rings. The van der Waals surface area contributed by atoms with Crippen LogP contribution in [0.15, 0.2) is 58.1 Å². The first-order valence-electron chi connectivity index (χ1n) is 10.5. The van der Waals surface area contributed by atoms with Crippen molar-refractivity contribution < 1.29 is 14.0 Å². The number of carbonyl (C=O) groups excluding carboxylic acids is 2. The van der Waals surface area contributed by atoms with Crippen LogP contribution in [0.2, 0.25) is 0 Å². The molecule has 0 saturated carbocycles. The van der Waals surface area contributed by atoms with Crippen molar-refractivity contribution in [2.45, 2.75) is 32.7 Å². The monoisotopic (exact) mass is 447 g/mol. The van der Waals surface area contributed by atoms with E-state index < -0.39 is 5.91 Å². The smallest absolute Gasteiger partial charge is 0.275 e. The van der Waals surface area contributed by atoms with Crippen molar-refractivity contribution in [2.24, 2.45) is 5.92 Å². The minimum absolute atomic E-state index is 0.238. The number of furan rings is 1. The summed E-state index contributed by atoms with van der Waals surface area (Å²) in [6, 6.07) is 10.4. The summed E-state index contributed by atoms with van der Waals surface area (Å²) in [6.07, 6.45) is 5.69. The van der Waals surface area contributed by atoms with E-state index in [1.165, 1.54) is 17.6 Å². The fraction of sp³-hybridized carbons (Fsp3) is 0.250. The highest BCUT2D eigenvalue weighted by Crippen LogP contribution is 2.40. The lowest BCUT2D eigenvalue weighted by molar-refractivity contribution is -0.116. The van der Waals surface area contributed by atoms with Gasteiger partial charge in [0.2, 0.25) is 11.7 Å². The first kappa shape index (κ1) is 20.4. The quantitative estimate of drug-likeness (QED) is 0.466. The molecule has 1 aromatic carbocycles. The number of anilines is 1. The first-order valence-corrected chi connectivity index (χ1v) is 11.3. The SMILES string of the molecule is CC1CCc2c(sc(NC(=O)Cn3ncc4ccccc4c3=O)c2C(=O)c2ccco2)C1. The predicted molar refractivity (Wildman–Crippen MR) is 122 cm³/mol. The molecule has 8 heteroatoms. The van der Waals surface area contributed by atoms with Gasteiger partial charge >= 0.3 is 0 Å². The molecule has 4 aromatic rings. The Balaban J connectivity index is 1.46. The third-order valence-electron chi connectivity index (χ3n) is 5.79. The van der Waals surface area contributed by atoms with Crippen LogP contribution < -0.4 is 10.9 Å². The van der Waals surface area contributed by atoms with Crippen LogP contribution in [-0.4, -0.2) is 21.5 Å². The maximum absolute atomic E-state index is 13.2. The van der Waals surface area contributed by atoms with Gasteiger partial charge < -0.3 is 9.73 Å². The third-order valence-corrected chi connectivity index (χ3v) is 6.96. The Hall–Kier alpha value is -3.52. The Bertz CT molecular complexity index is 1380. The summed E-state index contributed by atoms with van der Waals surface area (Å²) in [4.78, 5) is 39.9. The fourth-order valence-corrected chi connectivity index (χ4v) is 5.58. The number of hydrogen-bond acceptors (Lipinski definition) is 6. The number of nitrogens with one attached hydrogen (secondary N) is 1. The van der Waals surface area contributed by atoms with E-state index in [-0.39, 0.29) is 23.6 Å². The van der Waals surface area contributed by atoms with Crippen LogP contribution in [0.3, 0.4) is 0 Å². The summed E-state index contributed by atoms with van der Waals surface area (Å²) in [5, 5.41) is 8.72. The zero-order valence-electron chi connectivity index (χ0n) is 17.5. The molecule has 7 nitrogen and oxygen atoms in total. The lowest BCUT2D eigenvalue weighted by Crippen LogP contribution is -2.29. The molecule has 0 radical (unpaired) electrons. The molecule has 3 aromatic heterocycles. The number of hydrogen-bond donors (Lipinski definition) is 1. The van der Waals surface area contributed by atoms with Crippen LogP contribution >= 0.6 is 11.3 Å². The number of ketones is 1. The summed E-state index contributed by atoms with van der Waals surface area (Å²) < 4.78 is 6.47. The summed E-state index contributed by atoms with van der Waals surface area (Å²) >= 11 is 1.43. The van der Waals surface area contributed by atoms with Crippen molar-refractivity contribution in [3.05, 3.63) is 81.0 Å². The van der Waals surface area contributed by atoms with E-state index in [1.54, 1.807) is 36.5 Å². The van der Waals surface area contributed by atoms with E-state index in [0.717, 1.165) is 39.8 Å². The first-order chi connectivity index (χ1) is 15.5. The van der Waals surface area contributed by atoms with E-state index in [4.69, 9.17) is 4.42 Å². The molecule has 1 atom stereocenters. The van der Waals surface area contributed by atoms with Crippen molar-refractivity contribution in [2.75, 3.05) is 5.32 Å². The number of benzene rings is 1. The third kappa shape index (κ3) is 3.67. The van der Waals surface area contributed by atoms with Gasteiger partial charge in [0, 0.05) is 10.3 Å². The maximum Gasteiger partial charge on any atom is 0.275 e. The molecule has 0 saturated heterocycles. The normalized spacial score (nSPS) is 15.5. The standard InChI is InChI=1S/C24H21N3O4S/c1-14-8-9-17-19(11-14)32-23(21(17)22(29)18-7-4-10-31-18)26-20(28)13-27-24(30)16-6-3-2-5-15(16)12-25-27/h2-7,10,12,14H,8-9,11,13H2,1H3,(H,26,28). The molecule has 1 N–H and O–H groups in total. The van der Waals surface area contributed by atoms with Gasteiger partial charge in [0.1, 0.15) is 11.5 Å². The predicted octanol–water partition coefficient (Wildman–Crippen LogP) is 4.05. The number of carbonyl (C=O) groups is 2. The van der Waals surface area contributed by atoms with Crippen molar-refractivity contribution in [3.8, 4) is 0 Å². The molecule has 0 bridgehead atoms. The highest BCUT2D eigenvalue weighted by Gasteiger charge is 2.30. The molecule has 1 aliphatic carbocycles. The van der Waals surface area contributed by atoms with Gasteiger partial charge in [-0.3, -0.25) is 14.4 Å². The van der Waals surface area contributed by atoms with Gasteiger partial charge in [-0.15, -0.1) is 11.3 Å². The number of fused-ring (bicyclic) bond motifs is 2. The van der Waals surface area contributed by atoms with Crippen molar-refractivity contribution in [3.63, 3.8) is 0 Å². The lowest BCUT2D eigenvalue weighted by Gasteiger charge is -2.18. The van der Waals surface area contributed by atoms with Crippen LogP contribution in [0.5, 0.6) is 0 Å². The Kier molecular flexibility index (Phi) is 5.22. The molecule has 3 heterocycles. The minimum atomic E-state index is -0.407. The summed E-state index contributed by atoms with van der Waals surface area (Å²) in [5.41, 5.74) is 1.16.